The lowest BCUT2D eigenvalue weighted by Crippen LogP contribution is -2.23. The van der Waals surface area contributed by atoms with E-state index in [-0.39, 0.29) is 5.91 Å². The Morgan fingerprint density at radius 3 is 2.57 bits per heavy atom. The van der Waals surface area contributed by atoms with Crippen molar-refractivity contribution in [1.29, 1.82) is 0 Å². The predicted molar refractivity (Wildman–Crippen MR) is 88.4 cm³/mol. The third-order valence-electron chi connectivity index (χ3n) is 3.75. The summed E-state index contributed by atoms with van der Waals surface area (Å²) in [5, 5.41) is 7.01. The number of aromatic nitrogens is 3. The van der Waals surface area contributed by atoms with Crippen LogP contribution in [0.5, 0.6) is 0 Å². The van der Waals surface area contributed by atoms with Crippen LogP contribution >= 0.6 is 0 Å². The van der Waals surface area contributed by atoms with Crippen molar-refractivity contribution in [2.45, 2.75) is 20.4 Å². The average molecular weight is 306 g/mol. The van der Waals surface area contributed by atoms with Crippen molar-refractivity contribution in [2.24, 2.45) is 0 Å². The van der Waals surface area contributed by atoms with Gasteiger partial charge in [-0.05, 0) is 49.2 Å². The van der Waals surface area contributed by atoms with Crippen LogP contribution in [0.4, 0.5) is 0 Å². The zero-order valence-electron chi connectivity index (χ0n) is 13.2. The summed E-state index contributed by atoms with van der Waals surface area (Å²) in [5.74, 6) is -0.0879. The Morgan fingerprint density at radius 2 is 1.91 bits per heavy atom. The molecule has 0 unspecified atom stereocenters. The number of nitrogens with zero attached hydrogens (tertiary/aromatic N) is 3. The van der Waals surface area contributed by atoms with Crippen LogP contribution in [0.1, 0.15) is 27.0 Å². The SMILES string of the molecule is Cc1ccc(CNC(=O)c2ccc(-n3cncn3)cc2)c(C)c1. The highest BCUT2D eigenvalue weighted by atomic mass is 16.1. The van der Waals surface area contributed by atoms with E-state index < -0.39 is 0 Å². The first kappa shape index (κ1) is 15.0. The number of nitrogens with one attached hydrogen (secondary N) is 1. The summed E-state index contributed by atoms with van der Waals surface area (Å²) in [4.78, 5) is 16.2. The Labute approximate surface area is 135 Å². The zero-order valence-corrected chi connectivity index (χ0v) is 13.2. The minimum absolute atomic E-state index is 0.0879. The fraction of sp³-hybridized carbons (Fsp3) is 0.167. The Bertz CT molecular complexity index is 808. The van der Waals surface area contributed by atoms with Crippen molar-refractivity contribution >= 4 is 5.91 Å². The van der Waals surface area contributed by atoms with Crippen LogP contribution in [-0.2, 0) is 6.54 Å². The van der Waals surface area contributed by atoms with Crippen molar-refractivity contribution < 1.29 is 4.79 Å². The van der Waals surface area contributed by atoms with Crippen LogP contribution in [0.15, 0.2) is 55.1 Å². The molecule has 0 aliphatic heterocycles. The minimum atomic E-state index is -0.0879. The molecule has 5 nitrogen and oxygen atoms in total. The molecule has 0 atom stereocenters. The highest BCUT2D eigenvalue weighted by molar-refractivity contribution is 5.94. The molecule has 0 saturated heterocycles. The van der Waals surface area contributed by atoms with Crippen molar-refractivity contribution in [1.82, 2.24) is 20.1 Å². The molecule has 23 heavy (non-hydrogen) atoms. The standard InChI is InChI=1S/C18H18N4O/c1-13-3-4-16(14(2)9-13)10-20-18(23)15-5-7-17(8-6-15)22-12-19-11-21-22/h3-9,11-12H,10H2,1-2H3,(H,20,23). The number of hydrogen-bond donors (Lipinski definition) is 1. The molecule has 1 heterocycles. The Morgan fingerprint density at radius 1 is 1.13 bits per heavy atom. The molecule has 0 aliphatic carbocycles. The molecule has 0 aliphatic rings. The second kappa shape index (κ2) is 6.44. The Kier molecular flexibility index (Phi) is 4.19. The summed E-state index contributed by atoms with van der Waals surface area (Å²) < 4.78 is 1.65. The lowest BCUT2D eigenvalue weighted by molar-refractivity contribution is 0.0951. The minimum Gasteiger partial charge on any atom is -0.348 e. The van der Waals surface area contributed by atoms with Crippen LogP contribution in [-0.4, -0.2) is 20.7 Å². The van der Waals surface area contributed by atoms with Crippen LogP contribution in [0.25, 0.3) is 5.69 Å². The molecule has 0 spiro atoms. The van der Waals surface area contributed by atoms with Gasteiger partial charge in [0.2, 0.25) is 0 Å². The highest BCUT2D eigenvalue weighted by Gasteiger charge is 2.07. The van der Waals surface area contributed by atoms with Gasteiger partial charge in [-0.3, -0.25) is 4.79 Å². The van der Waals surface area contributed by atoms with E-state index in [1.165, 1.54) is 17.5 Å². The molecule has 0 bridgehead atoms. The number of carbonyl (C=O) groups is 1. The summed E-state index contributed by atoms with van der Waals surface area (Å²) in [6.45, 7) is 4.64. The van der Waals surface area contributed by atoms with Crippen molar-refractivity contribution in [3.05, 3.63) is 77.4 Å². The highest BCUT2D eigenvalue weighted by Crippen LogP contribution is 2.11. The first-order chi connectivity index (χ1) is 11.1. The van der Waals surface area contributed by atoms with Crippen molar-refractivity contribution in [3.8, 4) is 5.69 Å². The quantitative estimate of drug-likeness (QED) is 0.806. The molecule has 1 N–H and O–H groups in total. The molecule has 0 radical (unpaired) electrons. The number of aryl methyl sites for hydroxylation is 2. The first-order valence-corrected chi connectivity index (χ1v) is 7.43. The number of benzene rings is 2. The van der Waals surface area contributed by atoms with E-state index in [4.69, 9.17) is 0 Å². The second-order valence-electron chi connectivity index (χ2n) is 5.50. The normalized spacial score (nSPS) is 10.5. The van der Waals surface area contributed by atoms with Crippen molar-refractivity contribution in [2.75, 3.05) is 0 Å². The van der Waals surface area contributed by atoms with Gasteiger partial charge in [0.1, 0.15) is 12.7 Å². The topological polar surface area (TPSA) is 59.8 Å². The first-order valence-electron chi connectivity index (χ1n) is 7.43. The van der Waals surface area contributed by atoms with Crippen molar-refractivity contribution in [3.63, 3.8) is 0 Å². The monoisotopic (exact) mass is 306 g/mol. The van der Waals surface area contributed by atoms with Gasteiger partial charge < -0.3 is 5.32 Å². The second-order valence-corrected chi connectivity index (χ2v) is 5.50. The van der Waals surface area contributed by atoms with Gasteiger partial charge in [0.15, 0.2) is 0 Å². The third kappa shape index (κ3) is 3.45. The smallest absolute Gasteiger partial charge is 0.251 e. The molecule has 0 saturated carbocycles. The fourth-order valence-electron chi connectivity index (χ4n) is 2.43. The van der Waals surface area contributed by atoms with Gasteiger partial charge >= 0.3 is 0 Å². The summed E-state index contributed by atoms with van der Waals surface area (Å²) in [6, 6.07) is 13.5. The van der Waals surface area contributed by atoms with E-state index in [0.29, 0.717) is 12.1 Å². The van der Waals surface area contributed by atoms with E-state index in [2.05, 4.69) is 47.4 Å². The van der Waals surface area contributed by atoms with Gasteiger partial charge in [-0.1, -0.05) is 23.8 Å². The van der Waals surface area contributed by atoms with E-state index in [1.807, 2.05) is 12.1 Å². The lowest BCUT2D eigenvalue weighted by atomic mass is 10.1. The van der Waals surface area contributed by atoms with E-state index in [9.17, 15) is 4.79 Å². The van der Waals surface area contributed by atoms with Gasteiger partial charge in [-0.25, -0.2) is 9.67 Å². The van der Waals surface area contributed by atoms with Gasteiger partial charge in [0, 0.05) is 12.1 Å². The van der Waals surface area contributed by atoms with Gasteiger partial charge in [-0.2, -0.15) is 5.10 Å². The summed E-state index contributed by atoms with van der Waals surface area (Å²) in [6.07, 6.45) is 3.10. The zero-order chi connectivity index (χ0) is 16.2. The maximum atomic E-state index is 12.2. The maximum Gasteiger partial charge on any atom is 0.251 e. The van der Waals surface area contributed by atoms with Crippen LogP contribution < -0.4 is 5.32 Å². The molecular weight excluding hydrogens is 288 g/mol. The maximum absolute atomic E-state index is 12.2. The van der Waals surface area contributed by atoms with Gasteiger partial charge in [-0.15, -0.1) is 0 Å². The molecule has 1 amide bonds. The summed E-state index contributed by atoms with van der Waals surface area (Å²) in [5.41, 5.74) is 5.03. The summed E-state index contributed by atoms with van der Waals surface area (Å²) in [7, 11) is 0. The predicted octanol–water partition coefficient (Wildman–Crippen LogP) is 2.81. The fourth-order valence-corrected chi connectivity index (χ4v) is 2.43. The number of amides is 1. The van der Waals surface area contributed by atoms with E-state index >= 15 is 0 Å². The molecule has 3 aromatic rings. The Hall–Kier alpha value is -2.95. The lowest BCUT2D eigenvalue weighted by Gasteiger charge is -2.09. The molecular formula is C18H18N4O. The van der Waals surface area contributed by atoms with Crippen LogP contribution in [0.3, 0.4) is 0 Å². The number of hydrogen-bond acceptors (Lipinski definition) is 3. The molecule has 5 heteroatoms. The molecule has 2 aromatic carbocycles. The molecule has 0 fully saturated rings. The summed E-state index contributed by atoms with van der Waals surface area (Å²) >= 11 is 0. The Balaban J connectivity index is 1.66. The van der Waals surface area contributed by atoms with E-state index in [1.54, 1.807) is 23.1 Å². The van der Waals surface area contributed by atoms with Gasteiger partial charge in [0.05, 0.1) is 5.69 Å². The molecule has 1 aromatic heterocycles. The van der Waals surface area contributed by atoms with Gasteiger partial charge in [0.25, 0.3) is 5.91 Å². The number of rotatable bonds is 4. The third-order valence-corrected chi connectivity index (χ3v) is 3.75. The largest absolute Gasteiger partial charge is 0.348 e. The van der Waals surface area contributed by atoms with E-state index in [0.717, 1.165) is 11.3 Å². The number of carbonyl (C=O) groups excluding carboxylic acids is 1. The average Bonchev–Trinajstić information content (AvgIpc) is 3.08. The molecule has 3 rings (SSSR count). The van der Waals surface area contributed by atoms with Crippen LogP contribution in [0, 0.1) is 13.8 Å². The van der Waals surface area contributed by atoms with Crippen LogP contribution in [0.2, 0.25) is 0 Å². The molecule has 116 valence electrons.